The number of fused-ring (bicyclic) bond motifs is 1. The minimum Gasteiger partial charge on any atom is -0.144 e. The van der Waals surface area contributed by atoms with Crippen molar-refractivity contribution in [3.63, 3.8) is 0 Å². The van der Waals surface area contributed by atoms with Crippen molar-refractivity contribution >= 4 is 44.6 Å². The quantitative estimate of drug-likeness (QED) is 0.663. The molecule has 3 heteroatoms. The van der Waals surface area contributed by atoms with E-state index in [9.17, 15) is 0 Å². The predicted octanol–water partition coefficient (Wildman–Crippen LogP) is 4.77. The van der Waals surface area contributed by atoms with E-state index >= 15 is 0 Å². The molecule has 0 aliphatic rings. The smallest absolute Gasteiger partial charge is 0.0539 e. The lowest BCUT2D eigenvalue weighted by Crippen LogP contribution is -1.84. The van der Waals surface area contributed by atoms with Gasteiger partial charge >= 0.3 is 0 Å². The van der Waals surface area contributed by atoms with E-state index in [0.29, 0.717) is 0 Å². The van der Waals surface area contributed by atoms with Crippen LogP contribution in [0.15, 0.2) is 17.5 Å². The van der Waals surface area contributed by atoms with Crippen molar-refractivity contribution in [1.29, 1.82) is 0 Å². The average Bonchev–Trinajstić information content (AvgIpc) is 2.53. The van der Waals surface area contributed by atoms with E-state index in [-0.39, 0.29) is 0 Å². The van der Waals surface area contributed by atoms with Gasteiger partial charge in [-0.3, -0.25) is 0 Å². The fourth-order valence-electron chi connectivity index (χ4n) is 1.41. The maximum absolute atomic E-state index is 6.21. The second kappa shape index (κ2) is 3.49. The molecular weight excluding hydrogens is 223 g/mol. The van der Waals surface area contributed by atoms with Crippen molar-refractivity contribution < 1.29 is 0 Å². The number of hydrogen-bond acceptors (Lipinski definition) is 1. The van der Waals surface area contributed by atoms with Crippen molar-refractivity contribution in [2.45, 2.75) is 13.3 Å². The number of rotatable bonds is 1. The molecule has 0 atom stereocenters. The molecule has 0 saturated heterocycles. The molecule has 1 aromatic heterocycles. The van der Waals surface area contributed by atoms with Crippen LogP contribution in [0, 0.1) is 0 Å². The minimum absolute atomic E-state index is 0.780. The van der Waals surface area contributed by atoms with Crippen LogP contribution in [-0.4, -0.2) is 0 Å². The lowest BCUT2D eigenvalue weighted by molar-refractivity contribution is 1.15. The number of halogens is 2. The Kier molecular flexibility index (Phi) is 2.50. The molecule has 0 nitrogen and oxygen atoms in total. The molecule has 1 heterocycles. The highest BCUT2D eigenvalue weighted by Crippen LogP contribution is 2.35. The highest BCUT2D eigenvalue weighted by Gasteiger charge is 2.09. The van der Waals surface area contributed by atoms with E-state index in [0.717, 1.165) is 32.1 Å². The molecule has 0 spiro atoms. The zero-order valence-electron chi connectivity index (χ0n) is 7.10. The van der Waals surface area contributed by atoms with Gasteiger partial charge in [-0.25, -0.2) is 0 Å². The zero-order chi connectivity index (χ0) is 9.42. The van der Waals surface area contributed by atoms with E-state index in [1.807, 2.05) is 17.5 Å². The second-order valence-corrected chi connectivity index (χ2v) is 4.57. The SMILES string of the molecule is CCc1c(Cl)cc2sccc2c1Cl. The van der Waals surface area contributed by atoms with E-state index in [2.05, 4.69) is 6.92 Å². The predicted molar refractivity (Wildman–Crippen MR) is 61.2 cm³/mol. The molecule has 0 aliphatic carbocycles. The van der Waals surface area contributed by atoms with Gasteiger partial charge in [0.25, 0.3) is 0 Å². The van der Waals surface area contributed by atoms with Crippen molar-refractivity contribution in [2.24, 2.45) is 0 Å². The lowest BCUT2D eigenvalue weighted by Gasteiger charge is -2.04. The first-order chi connectivity index (χ1) is 6.24. The number of thiophene rings is 1. The molecule has 0 fully saturated rings. The Morgan fingerprint density at radius 3 is 2.85 bits per heavy atom. The summed E-state index contributed by atoms with van der Waals surface area (Å²) in [5, 5.41) is 4.74. The van der Waals surface area contributed by atoms with Crippen LogP contribution in [0.5, 0.6) is 0 Å². The highest BCUT2D eigenvalue weighted by molar-refractivity contribution is 7.17. The molecule has 2 rings (SSSR count). The summed E-state index contributed by atoms with van der Waals surface area (Å²) in [7, 11) is 0. The Morgan fingerprint density at radius 1 is 1.38 bits per heavy atom. The Hall–Kier alpha value is -0.240. The van der Waals surface area contributed by atoms with Crippen LogP contribution in [0.1, 0.15) is 12.5 Å². The lowest BCUT2D eigenvalue weighted by atomic mass is 10.1. The third-order valence-corrected chi connectivity index (χ3v) is 3.73. The van der Waals surface area contributed by atoms with Crippen LogP contribution in [0.3, 0.4) is 0 Å². The maximum atomic E-state index is 6.21. The molecule has 0 N–H and O–H groups in total. The summed E-state index contributed by atoms with van der Waals surface area (Å²) in [5.41, 5.74) is 1.05. The fourth-order valence-corrected chi connectivity index (χ4v) is 3.15. The average molecular weight is 231 g/mol. The van der Waals surface area contributed by atoms with Crippen LogP contribution in [0.25, 0.3) is 10.1 Å². The summed E-state index contributed by atoms with van der Waals surface area (Å²) in [6.07, 6.45) is 0.878. The Bertz CT molecular complexity index is 445. The molecule has 0 aliphatic heterocycles. The van der Waals surface area contributed by atoms with Gasteiger partial charge in [-0.1, -0.05) is 30.1 Å². The molecule has 0 saturated carbocycles. The summed E-state index contributed by atoms with van der Waals surface area (Å²) in [6, 6.07) is 4.03. The van der Waals surface area contributed by atoms with Crippen molar-refractivity contribution in [1.82, 2.24) is 0 Å². The van der Waals surface area contributed by atoms with E-state index in [1.165, 1.54) is 0 Å². The Labute approximate surface area is 91.1 Å². The number of benzene rings is 1. The first kappa shape index (κ1) is 9.32. The summed E-state index contributed by atoms with van der Waals surface area (Å²) in [6.45, 7) is 2.06. The molecule has 1 aromatic carbocycles. The topological polar surface area (TPSA) is 0 Å². The fraction of sp³-hybridized carbons (Fsp3) is 0.200. The van der Waals surface area contributed by atoms with E-state index in [1.54, 1.807) is 11.3 Å². The Balaban J connectivity index is 2.85. The van der Waals surface area contributed by atoms with Gasteiger partial charge in [-0.15, -0.1) is 11.3 Å². The van der Waals surface area contributed by atoms with E-state index < -0.39 is 0 Å². The highest BCUT2D eigenvalue weighted by atomic mass is 35.5. The van der Waals surface area contributed by atoms with Gasteiger partial charge in [0.15, 0.2) is 0 Å². The minimum atomic E-state index is 0.780. The second-order valence-electron chi connectivity index (χ2n) is 2.84. The van der Waals surface area contributed by atoms with Crippen LogP contribution in [0.4, 0.5) is 0 Å². The molecule has 0 unspecified atom stereocenters. The standard InChI is InChI=1S/C10H8Cl2S/c1-2-6-8(11)5-9-7(10(6)12)3-4-13-9/h3-5H,2H2,1H3. The summed E-state index contributed by atoms with van der Waals surface area (Å²) in [4.78, 5) is 0. The summed E-state index contributed by atoms with van der Waals surface area (Å²) < 4.78 is 1.16. The van der Waals surface area contributed by atoms with Gasteiger partial charge < -0.3 is 0 Å². The third kappa shape index (κ3) is 1.45. The van der Waals surface area contributed by atoms with Gasteiger partial charge in [0.05, 0.1) is 5.02 Å². The molecule has 2 aromatic rings. The third-order valence-electron chi connectivity index (χ3n) is 2.10. The first-order valence-corrected chi connectivity index (χ1v) is 5.71. The summed E-state index contributed by atoms with van der Waals surface area (Å²) >= 11 is 14.0. The monoisotopic (exact) mass is 230 g/mol. The van der Waals surface area contributed by atoms with Gasteiger partial charge in [-0.05, 0) is 29.5 Å². The molecule has 13 heavy (non-hydrogen) atoms. The number of hydrogen-bond donors (Lipinski definition) is 0. The van der Waals surface area contributed by atoms with Gasteiger partial charge in [0, 0.05) is 15.1 Å². The molecule has 0 amide bonds. The van der Waals surface area contributed by atoms with Gasteiger partial charge in [-0.2, -0.15) is 0 Å². The molecule has 0 bridgehead atoms. The van der Waals surface area contributed by atoms with Gasteiger partial charge in [0.2, 0.25) is 0 Å². The molecule has 68 valence electrons. The van der Waals surface area contributed by atoms with Crippen LogP contribution in [0.2, 0.25) is 10.0 Å². The van der Waals surface area contributed by atoms with Crippen molar-refractivity contribution in [3.05, 3.63) is 33.1 Å². The largest absolute Gasteiger partial charge is 0.144 e. The Morgan fingerprint density at radius 2 is 2.15 bits per heavy atom. The maximum Gasteiger partial charge on any atom is 0.0539 e. The van der Waals surface area contributed by atoms with Crippen LogP contribution < -0.4 is 0 Å². The zero-order valence-corrected chi connectivity index (χ0v) is 9.43. The van der Waals surface area contributed by atoms with E-state index in [4.69, 9.17) is 23.2 Å². The van der Waals surface area contributed by atoms with Crippen molar-refractivity contribution in [2.75, 3.05) is 0 Å². The van der Waals surface area contributed by atoms with Crippen LogP contribution in [-0.2, 0) is 6.42 Å². The van der Waals surface area contributed by atoms with Crippen LogP contribution >= 0.6 is 34.5 Å². The molecular formula is C10H8Cl2S. The van der Waals surface area contributed by atoms with Crippen molar-refractivity contribution in [3.8, 4) is 0 Å². The van der Waals surface area contributed by atoms with Gasteiger partial charge in [0.1, 0.15) is 0 Å². The summed E-state index contributed by atoms with van der Waals surface area (Å²) in [5.74, 6) is 0. The molecule has 0 radical (unpaired) electrons. The first-order valence-electron chi connectivity index (χ1n) is 4.08. The normalized spacial score (nSPS) is 11.0.